The van der Waals surface area contributed by atoms with Crippen LogP contribution in [0.25, 0.3) is 0 Å². The Balaban J connectivity index is 3.18. The summed E-state index contributed by atoms with van der Waals surface area (Å²) in [6.45, 7) is 3.22. The maximum atomic E-state index is 12.7. The summed E-state index contributed by atoms with van der Waals surface area (Å²) >= 11 is 0. The minimum absolute atomic E-state index is 0.169. The summed E-state index contributed by atoms with van der Waals surface area (Å²) in [4.78, 5) is 0. The van der Waals surface area contributed by atoms with E-state index < -0.39 is 18.2 Å². The molecule has 4 heteroatoms. The number of aliphatic hydroxyl groups is 1. The summed E-state index contributed by atoms with van der Waals surface area (Å²) in [7, 11) is 0. The number of alkyl halides is 3. The number of hydrogen-bond acceptors (Lipinski definition) is 1. The number of rotatable bonds is 3. The molecular weight excluding hydrogens is 205 g/mol. The summed E-state index contributed by atoms with van der Waals surface area (Å²) in [5.74, 6) is 0. The Kier molecular flexibility index (Phi) is 3.19. The second-order valence-electron chi connectivity index (χ2n) is 3.22. The molecule has 0 bridgehead atoms. The van der Waals surface area contributed by atoms with Gasteiger partial charge < -0.3 is 5.11 Å². The highest BCUT2D eigenvalue weighted by molar-refractivity contribution is 5.25. The summed E-state index contributed by atoms with van der Waals surface area (Å²) < 4.78 is 38.0. The Bertz CT molecular complexity index is 331. The van der Waals surface area contributed by atoms with E-state index in [9.17, 15) is 18.3 Å². The molecule has 0 aromatic heterocycles. The molecule has 0 aliphatic rings. The molecule has 82 valence electrons. The van der Waals surface area contributed by atoms with Gasteiger partial charge in [0.05, 0.1) is 0 Å². The molecule has 1 aromatic rings. The summed E-state index contributed by atoms with van der Waals surface area (Å²) in [6, 6.07) is 6.99. The zero-order valence-electron chi connectivity index (χ0n) is 7.96. The molecule has 1 N–H and O–H groups in total. The van der Waals surface area contributed by atoms with Crippen molar-refractivity contribution in [2.45, 2.75) is 18.2 Å². The predicted molar refractivity (Wildman–Crippen MR) is 51.2 cm³/mol. The van der Waals surface area contributed by atoms with Crippen LogP contribution in [0.2, 0.25) is 0 Å². The smallest absolute Gasteiger partial charge is 0.376 e. The monoisotopic (exact) mass is 216 g/mol. The van der Waals surface area contributed by atoms with Gasteiger partial charge in [0.1, 0.15) is 0 Å². The highest BCUT2D eigenvalue weighted by Crippen LogP contribution is 2.41. The van der Waals surface area contributed by atoms with Gasteiger partial charge in [0, 0.05) is 6.42 Å². The Morgan fingerprint density at radius 3 is 2.13 bits per heavy atom. The fourth-order valence-corrected chi connectivity index (χ4v) is 1.32. The van der Waals surface area contributed by atoms with Crippen molar-refractivity contribution in [2.75, 3.05) is 0 Å². The molecule has 0 fully saturated rings. The van der Waals surface area contributed by atoms with Crippen molar-refractivity contribution in [3.05, 3.63) is 48.6 Å². The molecule has 0 saturated heterocycles. The first kappa shape index (κ1) is 11.8. The molecule has 1 aromatic carbocycles. The lowest BCUT2D eigenvalue weighted by atomic mass is 9.90. The maximum Gasteiger partial charge on any atom is 0.421 e. The fourth-order valence-electron chi connectivity index (χ4n) is 1.32. The molecule has 0 aliphatic heterocycles. The van der Waals surface area contributed by atoms with Crippen LogP contribution in [0.5, 0.6) is 0 Å². The van der Waals surface area contributed by atoms with E-state index in [0.717, 1.165) is 6.08 Å². The van der Waals surface area contributed by atoms with Gasteiger partial charge in [0.2, 0.25) is 0 Å². The van der Waals surface area contributed by atoms with Crippen molar-refractivity contribution < 1.29 is 18.3 Å². The van der Waals surface area contributed by atoms with E-state index >= 15 is 0 Å². The van der Waals surface area contributed by atoms with Gasteiger partial charge in [-0.05, 0) is 5.56 Å². The molecule has 0 radical (unpaired) electrons. The van der Waals surface area contributed by atoms with Crippen LogP contribution in [0, 0.1) is 0 Å². The van der Waals surface area contributed by atoms with Crippen molar-refractivity contribution in [3.8, 4) is 0 Å². The molecule has 1 rings (SSSR count). The Labute approximate surface area is 85.9 Å². The number of hydrogen-bond donors (Lipinski definition) is 1. The van der Waals surface area contributed by atoms with E-state index in [1.54, 1.807) is 6.07 Å². The standard InChI is InChI=1S/C11H11F3O/c1-2-8-10(15,11(12,13)14)9-6-4-3-5-7-9/h2-7,15H,1,8H2. The van der Waals surface area contributed by atoms with Gasteiger partial charge in [-0.3, -0.25) is 0 Å². The third kappa shape index (κ3) is 2.21. The average molecular weight is 216 g/mol. The van der Waals surface area contributed by atoms with E-state index in [1.807, 2.05) is 0 Å². The predicted octanol–water partition coefficient (Wildman–Crippen LogP) is 3.01. The second-order valence-corrected chi connectivity index (χ2v) is 3.22. The summed E-state index contributed by atoms with van der Waals surface area (Å²) in [5.41, 5.74) is -3.01. The quantitative estimate of drug-likeness (QED) is 0.770. The first-order valence-corrected chi connectivity index (χ1v) is 4.37. The summed E-state index contributed by atoms with van der Waals surface area (Å²) in [5, 5.41) is 9.62. The molecule has 0 heterocycles. The molecule has 1 nitrogen and oxygen atoms in total. The first-order valence-electron chi connectivity index (χ1n) is 4.37. The zero-order valence-corrected chi connectivity index (χ0v) is 7.96. The minimum atomic E-state index is -4.71. The van der Waals surface area contributed by atoms with Gasteiger partial charge in [-0.15, -0.1) is 6.58 Å². The van der Waals surface area contributed by atoms with E-state index in [-0.39, 0.29) is 5.56 Å². The third-order valence-corrected chi connectivity index (χ3v) is 2.16. The lowest BCUT2D eigenvalue weighted by Crippen LogP contribution is -2.41. The lowest BCUT2D eigenvalue weighted by Gasteiger charge is -2.29. The van der Waals surface area contributed by atoms with Gasteiger partial charge in [0.25, 0.3) is 0 Å². The summed E-state index contributed by atoms with van der Waals surface area (Å²) in [6.07, 6.45) is -4.20. The zero-order chi connectivity index (χ0) is 11.5. The SMILES string of the molecule is C=CCC(O)(c1ccccc1)C(F)(F)F. The van der Waals surface area contributed by atoms with E-state index in [0.29, 0.717) is 0 Å². The van der Waals surface area contributed by atoms with Gasteiger partial charge in [0.15, 0.2) is 5.60 Å². The van der Waals surface area contributed by atoms with Crippen molar-refractivity contribution in [1.82, 2.24) is 0 Å². The maximum absolute atomic E-state index is 12.7. The fraction of sp³-hybridized carbons (Fsp3) is 0.273. The van der Waals surface area contributed by atoms with Crippen LogP contribution in [-0.2, 0) is 5.60 Å². The van der Waals surface area contributed by atoms with Crippen LogP contribution in [0.3, 0.4) is 0 Å². The van der Waals surface area contributed by atoms with Crippen molar-refractivity contribution >= 4 is 0 Å². The van der Waals surface area contributed by atoms with Crippen molar-refractivity contribution in [2.24, 2.45) is 0 Å². The van der Waals surface area contributed by atoms with Crippen LogP contribution < -0.4 is 0 Å². The molecular formula is C11H11F3O. The van der Waals surface area contributed by atoms with Crippen LogP contribution >= 0.6 is 0 Å². The van der Waals surface area contributed by atoms with Gasteiger partial charge in [-0.2, -0.15) is 13.2 Å². The van der Waals surface area contributed by atoms with Gasteiger partial charge in [-0.1, -0.05) is 36.4 Å². The average Bonchev–Trinajstić information content (AvgIpc) is 2.18. The third-order valence-electron chi connectivity index (χ3n) is 2.16. The minimum Gasteiger partial charge on any atom is -0.376 e. The highest BCUT2D eigenvalue weighted by atomic mass is 19.4. The van der Waals surface area contributed by atoms with Crippen molar-refractivity contribution in [1.29, 1.82) is 0 Å². The second kappa shape index (κ2) is 4.06. The van der Waals surface area contributed by atoms with Crippen LogP contribution in [0.4, 0.5) is 13.2 Å². The Hall–Kier alpha value is -1.29. The van der Waals surface area contributed by atoms with Gasteiger partial charge >= 0.3 is 6.18 Å². The number of halogens is 3. The molecule has 0 aliphatic carbocycles. The highest BCUT2D eigenvalue weighted by Gasteiger charge is 2.53. The lowest BCUT2D eigenvalue weighted by molar-refractivity contribution is -0.265. The molecule has 15 heavy (non-hydrogen) atoms. The van der Waals surface area contributed by atoms with Crippen LogP contribution in [0.1, 0.15) is 12.0 Å². The van der Waals surface area contributed by atoms with E-state index in [4.69, 9.17) is 0 Å². The van der Waals surface area contributed by atoms with E-state index in [2.05, 4.69) is 6.58 Å². The molecule has 0 amide bonds. The topological polar surface area (TPSA) is 20.2 Å². The molecule has 1 atom stereocenters. The normalized spacial score (nSPS) is 15.7. The Morgan fingerprint density at radius 1 is 1.20 bits per heavy atom. The molecule has 0 saturated carbocycles. The van der Waals surface area contributed by atoms with E-state index in [1.165, 1.54) is 24.3 Å². The van der Waals surface area contributed by atoms with Crippen molar-refractivity contribution in [3.63, 3.8) is 0 Å². The van der Waals surface area contributed by atoms with Crippen LogP contribution in [-0.4, -0.2) is 11.3 Å². The van der Waals surface area contributed by atoms with Crippen LogP contribution in [0.15, 0.2) is 43.0 Å². The number of benzene rings is 1. The first-order chi connectivity index (χ1) is 6.92. The molecule has 1 unspecified atom stereocenters. The molecule has 0 spiro atoms. The largest absolute Gasteiger partial charge is 0.421 e. The Morgan fingerprint density at radius 2 is 1.73 bits per heavy atom. The van der Waals surface area contributed by atoms with Gasteiger partial charge in [-0.25, -0.2) is 0 Å².